The molecular weight excluding hydrogens is 426 g/mol. The van der Waals surface area contributed by atoms with Gasteiger partial charge in [0, 0.05) is 23.2 Å². The molecule has 0 spiro atoms. The van der Waals surface area contributed by atoms with Crippen molar-refractivity contribution in [1.82, 2.24) is 9.88 Å². The highest BCUT2D eigenvalue weighted by molar-refractivity contribution is 6.14. The van der Waals surface area contributed by atoms with Crippen LogP contribution < -0.4 is 15.0 Å². The number of anilines is 1. The third-order valence-electron chi connectivity index (χ3n) is 7.52. The maximum atomic E-state index is 14.1. The molecule has 2 amide bonds. The van der Waals surface area contributed by atoms with E-state index in [2.05, 4.69) is 11.4 Å². The van der Waals surface area contributed by atoms with Gasteiger partial charge in [-0.1, -0.05) is 37.0 Å². The molecule has 0 radical (unpaired) electrons. The number of rotatable bonds is 4. The third-order valence-corrected chi connectivity index (χ3v) is 7.52. The molecule has 1 aliphatic carbocycles. The van der Waals surface area contributed by atoms with Crippen LogP contribution in [0.2, 0.25) is 0 Å². The van der Waals surface area contributed by atoms with Crippen molar-refractivity contribution in [3.63, 3.8) is 0 Å². The van der Waals surface area contributed by atoms with E-state index in [-0.39, 0.29) is 17.9 Å². The zero-order valence-corrected chi connectivity index (χ0v) is 20.5. The van der Waals surface area contributed by atoms with Crippen LogP contribution in [-0.2, 0) is 11.3 Å². The lowest BCUT2D eigenvalue weighted by Crippen LogP contribution is -2.65. The van der Waals surface area contributed by atoms with Gasteiger partial charge in [0.2, 0.25) is 5.91 Å². The number of ether oxygens (including phenoxy) is 1. The number of nitrogens with zero attached hydrogens (tertiary/aromatic N) is 2. The van der Waals surface area contributed by atoms with Gasteiger partial charge in [-0.25, -0.2) is 0 Å². The lowest BCUT2D eigenvalue weighted by atomic mass is 9.90. The molecule has 0 saturated heterocycles. The second-order valence-electron chi connectivity index (χ2n) is 10.1. The number of carbonyl (C=O) groups is 2. The molecule has 1 saturated carbocycles. The summed E-state index contributed by atoms with van der Waals surface area (Å²) in [5.41, 5.74) is 3.31. The number of amides is 2. The summed E-state index contributed by atoms with van der Waals surface area (Å²) >= 11 is 0. The first kappa shape index (κ1) is 22.5. The standard InChI is InChI=1S/C28H33N3O3/c1-18-10-13-23(19(2)14-18)31-26(32)25-15-20-11-12-22(34-4)16-24(20)30(25)17-28(31,3)27(33)29-21-8-6-5-7-9-21/h10-16,21H,5-9,17H2,1-4H3,(H,29,33). The van der Waals surface area contributed by atoms with Crippen LogP contribution in [0.4, 0.5) is 5.69 Å². The molecule has 1 unspecified atom stereocenters. The minimum Gasteiger partial charge on any atom is -0.497 e. The van der Waals surface area contributed by atoms with Gasteiger partial charge in [-0.3, -0.25) is 14.5 Å². The fourth-order valence-corrected chi connectivity index (χ4v) is 5.62. The molecule has 6 heteroatoms. The van der Waals surface area contributed by atoms with Crippen LogP contribution in [-0.4, -0.2) is 35.1 Å². The van der Waals surface area contributed by atoms with E-state index in [1.165, 1.54) is 6.42 Å². The average molecular weight is 460 g/mol. The first-order chi connectivity index (χ1) is 16.3. The SMILES string of the molecule is COc1ccc2cc3n(c2c1)CC(C)(C(=O)NC1CCCCC1)N(c1ccc(C)cc1C)C3=O. The van der Waals surface area contributed by atoms with Crippen molar-refractivity contribution in [1.29, 1.82) is 0 Å². The first-order valence-corrected chi connectivity index (χ1v) is 12.2. The molecule has 5 rings (SSSR count). The van der Waals surface area contributed by atoms with Gasteiger partial charge in [0.25, 0.3) is 5.91 Å². The minimum absolute atomic E-state index is 0.0943. The summed E-state index contributed by atoms with van der Waals surface area (Å²) < 4.78 is 7.43. The van der Waals surface area contributed by atoms with Gasteiger partial charge in [-0.15, -0.1) is 0 Å². The Balaban J connectivity index is 1.65. The summed E-state index contributed by atoms with van der Waals surface area (Å²) in [7, 11) is 1.63. The molecule has 6 nitrogen and oxygen atoms in total. The van der Waals surface area contributed by atoms with Crippen LogP contribution >= 0.6 is 0 Å². The molecule has 1 aromatic heterocycles. The topological polar surface area (TPSA) is 63.6 Å². The largest absolute Gasteiger partial charge is 0.497 e. The predicted molar refractivity (Wildman–Crippen MR) is 135 cm³/mol. The van der Waals surface area contributed by atoms with Gasteiger partial charge >= 0.3 is 0 Å². The third kappa shape index (κ3) is 3.65. The number of aryl methyl sites for hydroxylation is 2. The van der Waals surface area contributed by atoms with Crippen LogP contribution in [0.5, 0.6) is 5.75 Å². The highest BCUT2D eigenvalue weighted by atomic mass is 16.5. The fraction of sp³-hybridized carbons (Fsp3) is 0.429. The van der Waals surface area contributed by atoms with Gasteiger partial charge in [-0.05, 0) is 63.4 Å². The molecular formula is C28H33N3O3. The summed E-state index contributed by atoms with van der Waals surface area (Å²) in [6, 6.07) is 13.9. The van der Waals surface area contributed by atoms with E-state index in [9.17, 15) is 9.59 Å². The Bertz CT molecular complexity index is 1270. The van der Waals surface area contributed by atoms with E-state index in [1.54, 1.807) is 12.0 Å². The van der Waals surface area contributed by atoms with Gasteiger partial charge in [-0.2, -0.15) is 0 Å². The lowest BCUT2D eigenvalue weighted by Gasteiger charge is -2.45. The second kappa shape index (κ2) is 8.49. The average Bonchev–Trinajstić information content (AvgIpc) is 3.18. The predicted octanol–water partition coefficient (Wildman–Crippen LogP) is 5.13. The fourth-order valence-electron chi connectivity index (χ4n) is 5.62. The Morgan fingerprint density at radius 1 is 1.06 bits per heavy atom. The van der Waals surface area contributed by atoms with Crippen LogP contribution in [0.15, 0.2) is 42.5 Å². The van der Waals surface area contributed by atoms with Crippen LogP contribution in [0, 0.1) is 13.8 Å². The van der Waals surface area contributed by atoms with Crippen LogP contribution in [0.1, 0.15) is 60.6 Å². The van der Waals surface area contributed by atoms with Crippen molar-refractivity contribution in [2.75, 3.05) is 12.0 Å². The highest BCUT2D eigenvalue weighted by Gasteiger charge is 2.49. The second-order valence-corrected chi connectivity index (χ2v) is 10.1. The highest BCUT2D eigenvalue weighted by Crippen LogP contribution is 2.38. The Kier molecular flexibility index (Phi) is 5.62. The van der Waals surface area contributed by atoms with E-state index in [0.29, 0.717) is 12.2 Å². The van der Waals surface area contributed by atoms with Crippen LogP contribution in [0.25, 0.3) is 10.9 Å². The van der Waals surface area contributed by atoms with Crippen molar-refractivity contribution in [3.05, 3.63) is 59.3 Å². The quantitative estimate of drug-likeness (QED) is 0.588. The normalized spacial score (nSPS) is 20.9. The Morgan fingerprint density at radius 2 is 1.82 bits per heavy atom. The monoisotopic (exact) mass is 459 g/mol. The molecule has 34 heavy (non-hydrogen) atoms. The van der Waals surface area contributed by atoms with Gasteiger partial charge in [0.15, 0.2) is 0 Å². The smallest absolute Gasteiger partial charge is 0.275 e. The number of carbonyl (C=O) groups excluding carboxylic acids is 2. The summed E-state index contributed by atoms with van der Waals surface area (Å²) in [5, 5.41) is 4.26. The molecule has 1 N–H and O–H groups in total. The number of hydrogen-bond acceptors (Lipinski definition) is 3. The van der Waals surface area contributed by atoms with E-state index in [4.69, 9.17) is 4.74 Å². The van der Waals surface area contributed by atoms with Gasteiger partial charge < -0.3 is 14.6 Å². The van der Waals surface area contributed by atoms with Gasteiger partial charge in [0.05, 0.1) is 19.2 Å². The summed E-state index contributed by atoms with van der Waals surface area (Å²) in [6.07, 6.45) is 5.47. The molecule has 3 aromatic rings. The summed E-state index contributed by atoms with van der Waals surface area (Å²) in [5.74, 6) is 0.476. The Labute approximate surface area is 200 Å². The molecule has 1 fully saturated rings. The number of nitrogens with one attached hydrogen (secondary N) is 1. The number of fused-ring (bicyclic) bond motifs is 3. The maximum absolute atomic E-state index is 14.1. The number of methoxy groups -OCH3 is 1. The van der Waals surface area contributed by atoms with E-state index in [0.717, 1.165) is 59.2 Å². The van der Waals surface area contributed by atoms with Crippen molar-refractivity contribution >= 4 is 28.4 Å². The number of aromatic nitrogens is 1. The molecule has 178 valence electrons. The van der Waals surface area contributed by atoms with Crippen LogP contribution in [0.3, 0.4) is 0 Å². The molecule has 2 heterocycles. The zero-order valence-electron chi connectivity index (χ0n) is 20.5. The van der Waals surface area contributed by atoms with E-state index < -0.39 is 5.54 Å². The molecule has 2 aromatic carbocycles. The van der Waals surface area contributed by atoms with Crippen molar-refractivity contribution in [2.24, 2.45) is 0 Å². The Hall–Kier alpha value is -3.28. The number of benzene rings is 2. The lowest BCUT2D eigenvalue weighted by molar-refractivity contribution is -0.127. The minimum atomic E-state index is -1.07. The zero-order chi connectivity index (χ0) is 24.0. The van der Waals surface area contributed by atoms with Crippen molar-refractivity contribution in [2.45, 2.75) is 71.0 Å². The first-order valence-electron chi connectivity index (χ1n) is 12.2. The molecule has 2 aliphatic rings. The summed E-state index contributed by atoms with van der Waals surface area (Å²) in [4.78, 5) is 29.8. The molecule has 1 aliphatic heterocycles. The maximum Gasteiger partial charge on any atom is 0.275 e. The molecule has 0 bridgehead atoms. The molecule has 1 atom stereocenters. The van der Waals surface area contributed by atoms with Crippen molar-refractivity contribution in [3.8, 4) is 5.75 Å². The summed E-state index contributed by atoms with van der Waals surface area (Å²) in [6.45, 7) is 6.31. The van der Waals surface area contributed by atoms with Gasteiger partial charge in [0.1, 0.15) is 17.0 Å². The van der Waals surface area contributed by atoms with Crippen molar-refractivity contribution < 1.29 is 14.3 Å². The van der Waals surface area contributed by atoms with E-state index >= 15 is 0 Å². The Morgan fingerprint density at radius 3 is 2.53 bits per heavy atom. The van der Waals surface area contributed by atoms with E-state index in [1.807, 2.05) is 61.7 Å². The number of hydrogen-bond donors (Lipinski definition) is 1.